The van der Waals surface area contributed by atoms with E-state index in [1.165, 1.54) is 0 Å². The number of amides is 1. The van der Waals surface area contributed by atoms with E-state index in [0.717, 1.165) is 31.1 Å². The van der Waals surface area contributed by atoms with Gasteiger partial charge in [-0.05, 0) is 25.0 Å². The molecule has 0 aromatic carbocycles. The fourth-order valence-electron chi connectivity index (χ4n) is 3.42. The molecule has 0 saturated carbocycles. The largest absolute Gasteiger partial charge is 0.341 e. The van der Waals surface area contributed by atoms with Crippen molar-refractivity contribution in [2.24, 2.45) is 0 Å². The van der Waals surface area contributed by atoms with Gasteiger partial charge in [0.1, 0.15) is 5.51 Å². The first kappa shape index (κ1) is 12.7. The van der Waals surface area contributed by atoms with Crippen LogP contribution in [0.5, 0.6) is 0 Å². The van der Waals surface area contributed by atoms with Gasteiger partial charge < -0.3 is 9.80 Å². The molecule has 1 amide bonds. The van der Waals surface area contributed by atoms with E-state index in [1.807, 2.05) is 17.0 Å². The first-order valence-electron chi connectivity index (χ1n) is 7.08. The van der Waals surface area contributed by atoms with Crippen LogP contribution in [-0.4, -0.2) is 51.2 Å². The summed E-state index contributed by atoms with van der Waals surface area (Å²) in [6.07, 6.45) is 5.33. The number of fused-ring (bicyclic) bond motifs is 1. The SMILES string of the molecule is O=C(c1cccnc1)N1CC[C@@H]2[C@@H]1CCN2c1nncs1. The molecule has 0 bridgehead atoms. The van der Waals surface area contributed by atoms with Crippen LogP contribution >= 0.6 is 11.3 Å². The van der Waals surface area contributed by atoms with Gasteiger partial charge in [0.05, 0.1) is 17.6 Å². The van der Waals surface area contributed by atoms with E-state index in [0.29, 0.717) is 11.6 Å². The van der Waals surface area contributed by atoms with Gasteiger partial charge in [-0.25, -0.2) is 0 Å². The van der Waals surface area contributed by atoms with Crippen LogP contribution in [-0.2, 0) is 0 Å². The van der Waals surface area contributed by atoms with Gasteiger partial charge in [-0.2, -0.15) is 0 Å². The Kier molecular flexibility index (Phi) is 3.07. The van der Waals surface area contributed by atoms with Crippen LogP contribution in [0.3, 0.4) is 0 Å². The standard InChI is InChI=1S/C14H15N5OS/c20-13(10-2-1-5-15-8-10)18-6-3-12-11(18)4-7-19(12)14-17-16-9-21-14/h1-2,5,8-9,11-12H,3-4,6-7H2/t11-,12+/m0/s1. The van der Waals surface area contributed by atoms with Gasteiger partial charge in [-0.1, -0.05) is 11.3 Å². The van der Waals surface area contributed by atoms with Crippen LogP contribution in [0.15, 0.2) is 30.0 Å². The van der Waals surface area contributed by atoms with E-state index in [-0.39, 0.29) is 11.9 Å². The average molecular weight is 301 g/mol. The lowest BCUT2D eigenvalue weighted by Gasteiger charge is -2.25. The highest BCUT2D eigenvalue weighted by atomic mass is 32.1. The van der Waals surface area contributed by atoms with Gasteiger partial charge >= 0.3 is 0 Å². The van der Waals surface area contributed by atoms with Crippen LogP contribution in [0.2, 0.25) is 0 Å². The zero-order valence-electron chi connectivity index (χ0n) is 11.4. The minimum absolute atomic E-state index is 0.0923. The molecule has 2 atom stereocenters. The first-order valence-corrected chi connectivity index (χ1v) is 7.96. The number of hydrogen-bond donors (Lipinski definition) is 0. The van der Waals surface area contributed by atoms with E-state index in [9.17, 15) is 4.79 Å². The number of hydrogen-bond acceptors (Lipinski definition) is 6. The molecule has 0 spiro atoms. The second kappa shape index (κ2) is 5.07. The molecule has 4 heterocycles. The number of carbonyl (C=O) groups is 1. The molecule has 2 aromatic rings. The summed E-state index contributed by atoms with van der Waals surface area (Å²) in [5.41, 5.74) is 2.43. The van der Waals surface area contributed by atoms with E-state index in [1.54, 1.807) is 29.2 Å². The van der Waals surface area contributed by atoms with Gasteiger partial charge in [0.15, 0.2) is 0 Å². The minimum Gasteiger partial charge on any atom is -0.341 e. The Morgan fingerprint density at radius 2 is 2.19 bits per heavy atom. The van der Waals surface area contributed by atoms with Crippen LogP contribution < -0.4 is 4.90 Å². The molecule has 2 aromatic heterocycles. The second-order valence-electron chi connectivity index (χ2n) is 5.37. The predicted octanol–water partition coefficient (Wildman–Crippen LogP) is 1.43. The maximum absolute atomic E-state index is 12.6. The van der Waals surface area contributed by atoms with Crippen LogP contribution in [0.25, 0.3) is 0 Å². The van der Waals surface area contributed by atoms with Gasteiger partial charge in [0, 0.05) is 25.5 Å². The van der Waals surface area contributed by atoms with Crippen molar-refractivity contribution in [1.29, 1.82) is 0 Å². The summed E-state index contributed by atoms with van der Waals surface area (Å²) in [5, 5.41) is 9.06. The molecule has 6 nitrogen and oxygen atoms in total. The fourth-order valence-corrected chi connectivity index (χ4v) is 4.07. The molecule has 2 fully saturated rings. The monoisotopic (exact) mass is 301 g/mol. The lowest BCUT2D eigenvalue weighted by Crippen LogP contribution is -2.39. The Morgan fingerprint density at radius 1 is 1.29 bits per heavy atom. The van der Waals surface area contributed by atoms with Crippen molar-refractivity contribution >= 4 is 22.4 Å². The minimum atomic E-state index is 0.0923. The molecule has 21 heavy (non-hydrogen) atoms. The van der Waals surface area contributed by atoms with E-state index >= 15 is 0 Å². The highest BCUT2D eigenvalue weighted by Crippen LogP contribution is 2.36. The van der Waals surface area contributed by atoms with Crippen molar-refractivity contribution in [1.82, 2.24) is 20.1 Å². The van der Waals surface area contributed by atoms with Crippen molar-refractivity contribution in [3.8, 4) is 0 Å². The van der Waals surface area contributed by atoms with Crippen molar-refractivity contribution < 1.29 is 4.79 Å². The highest BCUT2D eigenvalue weighted by molar-refractivity contribution is 7.13. The number of carbonyl (C=O) groups excluding carboxylic acids is 1. The Bertz CT molecular complexity index is 632. The zero-order chi connectivity index (χ0) is 14.2. The molecule has 2 saturated heterocycles. The Balaban J connectivity index is 1.55. The topological polar surface area (TPSA) is 62.2 Å². The Labute approximate surface area is 126 Å². The summed E-state index contributed by atoms with van der Waals surface area (Å²) in [4.78, 5) is 21.0. The van der Waals surface area contributed by atoms with Gasteiger partial charge in [0.25, 0.3) is 5.91 Å². The molecule has 2 aliphatic heterocycles. The third-order valence-corrected chi connectivity index (χ3v) is 5.07. The van der Waals surface area contributed by atoms with Crippen LogP contribution in [0, 0.1) is 0 Å². The highest BCUT2D eigenvalue weighted by Gasteiger charge is 2.45. The molecule has 0 N–H and O–H groups in total. The molecule has 2 aliphatic rings. The van der Waals surface area contributed by atoms with Crippen LogP contribution in [0.1, 0.15) is 23.2 Å². The molecule has 0 unspecified atom stereocenters. The number of nitrogens with zero attached hydrogens (tertiary/aromatic N) is 5. The quantitative estimate of drug-likeness (QED) is 0.839. The number of rotatable bonds is 2. The van der Waals surface area contributed by atoms with Gasteiger partial charge in [-0.15, -0.1) is 10.2 Å². The lowest BCUT2D eigenvalue weighted by atomic mass is 10.1. The molecule has 4 rings (SSSR count). The molecular formula is C14H15N5OS. The average Bonchev–Trinajstić information content (AvgIpc) is 3.24. The van der Waals surface area contributed by atoms with Crippen LogP contribution in [0.4, 0.5) is 5.13 Å². The molecule has 7 heteroatoms. The molecule has 0 aliphatic carbocycles. The number of aromatic nitrogens is 3. The fraction of sp³-hybridized carbons (Fsp3) is 0.429. The second-order valence-corrected chi connectivity index (χ2v) is 6.18. The number of likely N-dealkylation sites (tertiary alicyclic amines) is 1. The van der Waals surface area contributed by atoms with E-state index < -0.39 is 0 Å². The molecule has 108 valence electrons. The molecule has 0 radical (unpaired) electrons. The summed E-state index contributed by atoms with van der Waals surface area (Å²) >= 11 is 1.57. The Hall–Kier alpha value is -2.02. The van der Waals surface area contributed by atoms with Gasteiger partial charge in [-0.3, -0.25) is 9.78 Å². The normalized spacial score (nSPS) is 24.4. The van der Waals surface area contributed by atoms with Crippen molar-refractivity contribution in [2.75, 3.05) is 18.0 Å². The maximum atomic E-state index is 12.6. The van der Waals surface area contributed by atoms with Crippen molar-refractivity contribution in [2.45, 2.75) is 24.9 Å². The summed E-state index contributed by atoms with van der Waals surface area (Å²) in [6, 6.07) is 4.29. The summed E-state index contributed by atoms with van der Waals surface area (Å²) in [6.45, 7) is 1.75. The summed E-state index contributed by atoms with van der Waals surface area (Å²) in [7, 11) is 0. The van der Waals surface area contributed by atoms with Crippen molar-refractivity contribution in [3.05, 3.63) is 35.6 Å². The smallest absolute Gasteiger partial charge is 0.255 e. The summed E-state index contributed by atoms with van der Waals surface area (Å²) in [5.74, 6) is 0.0923. The summed E-state index contributed by atoms with van der Waals surface area (Å²) < 4.78 is 0. The third-order valence-electron chi connectivity index (χ3n) is 4.34. The number of anilines is 1. The van der Waals surface area contributed by atoms with Crippen molar-refractivity contribution in [3.63, 3.8) is 0 Å². The zero-order valence-corrected chi connectivity index (χ0v) is 12.2. The predicted molar refractivity (Wildman–Crippen MR) is 79.3 cm³/mol. The van der Waals surface area contributed by atoms with E-state index in [2.05, 4.69) is 20.1 Å². The first-order chi connectivity index (χ1) is 10.3. The Morgan fingerprint density at radius 3 is 2.95 bits per heavy atom. The molecular weight excluding hydrogens is 286 g/mol. The van der Waals surface area contributed by atoms with E-state index in [4.69, 9.17) is 0 Å². The third kappa shape index (κ3) is 2.08. The maximum Gasteiger partial charge on any atom is 0.255 e. The number of pyridine rings is 1. The van der Waals surface area contributed by atoms with Gasteiger partial charge in [0.2, 0.25) is 5.13 Å². The lowest BCUT2D eigenvalue weighted by molar-refractivity contribution is 0.0737.